The molecule has 0 radical (unpaired) electrons. The van der Waals surface area contributed by atoms with Crippen LogP contribution in [0.4, 0.5) is 5.69 Å². The predicted molar refractivity (Wildman–Crippen MR) is 99.6 cm³/mol. The van der Waals surface area contributed by atoms with Crippen molar-refractivity contribution in [2.75, 3.05) is 11.4 Å². The number of benzene rings is 2. The van der Waals surface area contributed by atoms with E-state index in [0.717, 1.165) is 29.5 Å². The van der Waals surface area contributed by atoms with Crippen molar-refractivity contribution in [1.29, 1.82) is 0 Å². The molecule has 0 aliphatic carbocycles. The first kappa shape index (κ1) is 16.9. The summed E-state index contributed by atoms with van der Waals surface area (Å²) in [6, 6.07) is 13.5. The van der Waals surface area contributed by atoms with Gasteiger partial charge in [-0.2, -0.15) is 0 Å². The van der Waals surface area contributed by atoms with Crippen molar-refractivity contribution in [3.63, 3.8) is 0 Å². The zero-order valence-corrected chi connectivity index (χ0v) is 15.3. The molecule has 124 valence electrons. The molecule has 0 N–H and O–H groups in total. The van der Waals surface area contributed by atoms with Crippen LogP contribution in [-0.4, -0.2) is 18.2 Å². The summed E-state index contributed by atoms with van der Waals surface area (Å²) in [6.07, 6.45) is 2.49. The van der Waals surface area contributed by atoms with Gasteiger partial charge >= 0.3 is 0 Å². The number of Topliss-reactive ketones (excluding diaryl/α,β-unsaturated/α-hetero) is 1. The van der Waals surface area contributed by atoms with E-state index in [9.17, 15) is 9.59 Å². The van der Waals surface area contributed by atoms with Crippen LogP contribution in [0.2, 0.25) is 0 Å². The number of fused-ring (bicyclic) bond motifs is 1. The van der Waals surface area contributed by atoms with Gasteiger partial charge in [0.25, 0.3) is 0 Å². The van der Waals surface area contributed by atoms with Gasteiger partial charge < -0.3 is 4.90 Å². The summed E-state index contributed by atoms with van der Waals surface area (Å²) in [6.45, 7) is 2.80. The molecule has 3 nitrogen and oxygen atoms in total. The Morgan fingerprint density at radius 3 is 2.58 bits per heavy atom. The highest BCUT2D eigenvalue weighted by Crippen LogP contribution is 2.28. The van der Waals surface area contributed by atoms with Gasteiger partial charge in [0.1, 0.15) is 0 Å². The number of anilines is 1. The number of ketones is 1. The third-order valence-electron chi connectivity index (χ3n) is 4.39. The van der Waals surface area contributed by atoms with E-state index in [0.29, 0.717) is 5.56 Å². The van der Waals surface area contributed by atoms with Crippen molar-refractivity contribution in [1.82, 2.24) is 0 Å². The molecule has 1 amide bonds. The average molecular weight is 386 g/mol. The van der Waals surface area contributed by atoms with Crippen LogP contribution in [0.1, 0.15) is 40.7 Å². The van der Waals surface area contributed by atoms with E-state index in [1.165, 1.54) is 11.1 Å². The summed E-state index contributed by atoms with van der Waals surface area (Å²) in [4.78, 5) is 26.7. The summed E-state index contributed by atoms with van der Waals surface area (Å²) in [7, 11) is 0. The van der Waals surface area contributed by atoms with E-state index in [4.69, 9.17) is 0 Å². The second-order valence-electron chi connectivity index (χ2n) is 6.21. The monoisotopic (exact) mass is 385 g/mol. The maximum absolute atomic E-state index is 12.6. The van der Waals surface area contributed by atoms with E-state index in [1.54, 1.807) is 12.1 Å². The number of amides is 1. The van der Waals surface area contributed by atoms with Gasteiger partial charge in [0.05, 0.1) is 0 Å². The Morgan fingerprint density at radius 1 is 1.08 bits per heavy atom. The van der Waals surface area contributed by atoms with E-state index in [1.807, 2.05) is 29.2 Å². The van der Waals surface area contributed by atoms with Gasteiger partial charge in [-0.05, 0) is 43.5 Å². The largest absolute Gasteiger partial charge is 0.312 e. The smallest absolute Gasteiger partial charge is 0.227 e. The molecule has 0 unspecified atom stereocenters. The van der Waals surface area contributed by atoms with Crippen molar-refractivity contribution >= 4 is 33.3 Å². The fourth-order valence-corrected chi connectivity index (χ4v) is 3.38. The molecular formula is C20H20BrNO2. The summed E-state index contributed by atoms with van der Waals surface area (Å²) < 4.78 is 0.940. The lowest BCUT2D eigenvalue weighted by Gasteiger charge is -2.29. The van der Waals surface area contributed by atoms with E-state index in [2.05, 4.69) is 28.9 Å². The molecule has 0 spiro atoms. The van der Waals surface area contributed by atoms with Gasteiger partial charge in [-0.25, -0.2) is 0 Å². The number of nitrogens with zero attached hydrogens (tertiary/aromatic N) is 1. The number of carbonyl (C=O) groups excluding carboxylic acids is 2. The molecule has 24 heavy (non-hydrogen) atoms. The minimum absolute atomic E-state index is 0.0111. The maximum atomic E-state index is 12.6. The minimum Gasteiger partial charge on any atom is -0.312 e. The molecule has 1 heterocycles. The molecule has 1 aliphatic rings. The summed E-state index contributed by atoms with van der Waals surface area (Å²) in [5.74, 6) is 0.0438. The molecule has 0 saturated carbocycles. The fraction of sp³-hybridized carbons (Fsp3) is 0.300. The lowest BCUT2D eigenvalue weighted by atomic mass is 9.98. The van der Waals surface area contributed by atoms with Gasteiger partial charge in [-0.15, -0.1) is 0 Å². The minimum atomic E-state index is 0.0111. The second kappa shape index (κ2) is 7.31. The van der Waals surface area contributed by atoms with E-state index < -0.39 is 0 Å². The molecule has 4 heteroatoms. The van der Waals surface area contributed by atoms with Crippen molar-refractivity contribution in [2.24, 2.45) is 0 Å². The van der Waals surface area contributed by atoms with Gasteiger partial charge in [-0.3, -0.25) is 9.59 Å². The Bertz CT molecular complexity index is 768. The van der Waals surface area contributed by atoms with Crippen LogP contribution >= 0.6 is 15.9 Å². The molecule has 0 aromatic heterocycles. The predicted octanol–water partition coefficient (Wildman–Crippen LogP) is 4.70. The Balaban J connectivity index is 1.66. The molecule has 0 bridgehead atoms. The quantitative estimate of drug-likeness (QED) is 0.715. The van der Waals surface area contributed by atoms with Gasteiger partial charge in [-0.1, -0.05) is 45.8 Å². The number of hydrogen-bond donors (Lipinski definition) is 0. The number of carbonyl (C=O) groups is 2. The molecule has 2 aromatic carbocycles. The van der Waals surface area contributed by atoms with Crippen LogP contribution in [0.25, 0.3) is 0 Å². The molecule has 0 atom stereocenters. The summed E-state index contributed by atoms with van der Waals surface area (Å²) in [5, 5.41) is 0. The van der Waals surface area contributed by atoms with Gasteiger partial charge in [0.15, 0.2) is 5.78 Å². The highest BCUT2D eigenvalue weighted by Gasteiger charge is 2.23. The van der Waals surface area contributed by atoms with Crippen LogP contribution in [0.5, 0.6) is 0 Å². The Kier molecular flexibility index (Phi) is 5.14. The lowest BCUT2D eigenvalue weighted by Crippen LogP contribution is -2.35. The van der Waals surface area contributed by atoms with E-state index >= 15 is 0 Å². The molecule has 1 aliphatic heterocycles. The van der Waals surface area contributed by atoms with Crippen molar-refractivity contribution in [2.45, 2.75) is 32.6 Å². The molecule has 0 saturated heterocycles. The topological polar surface area (TPSA) is 37.4 Å². The first-order valence-electron chi connectivity index (χ1n) is 8.23. The number of rotatable bonds is 4. The van der Waals surface area contributed by atoms with Crippen molar-refractivity contribution in [3.8, 4) is 0 Å². The number of hydrogen-bond acceptors (Lipinski definition) is 2. The third-order valence-corrected chi connectivity index (χ3v) is 4.92. The van der Waals surface area contributed by atoms with Gasteiger partial charge in [0.2, 0.25) is 5.91 Å². The van der Waals surface area contributed by atoms with Crippen molar-refractivity contribution in [3.05, 3.63) is 63.6 Å². The van der Waals surface area contributed by atoms with Crippen LogP contribution in [0.3, 0.4) is 0 Å². The molecular weight excluding hydrogens is 366 g/mol. The van der Waals surface area contributed by atoms with Crippen LogP contribution < -0.4 is 4.90 Å². The molecule has 3 rings (SSSR count). The highest BCUT2D eigenvalue weighted by atomic mass is 79.9. The summed E-state index contributed by atoms with van der Waals surface area (Å²) >= 11 is 3.36. The Labute approximate surface area is 150 Å². The SMILES string of the molecule is Cc1ccc2c(c1)CCCN2C(=O)CCC(=O)c1ccc(Br)cc1. The molecule has 0 fully saturated rings. The number of halogens is 1. The lowest BCUT2D eigenvalue weighted by molar-refractivity contribution is -0.118. The van der Waals surface area contributed by atoms with Crippen LogP contribution in [0.15, 0.2) is 46.9 Å². The zero-order chi connectivity index (χ0) is 17.1. The highest BCUT2D eigenvalue weighted by molar-refractivity contribution is 9.10. The first-order valence-corrected chi connectivity index (χ1v) is 9.02. The standard InChI is InChI=1S/C20H20BrNO2/c1-14-4-9-18-16(13-14)3-2-12-22(18)20(24)11-10-19(23)15-5-7-17(21)8-6-15/h4-9,13H,2-3,10-12H2,1H3. The zero-order valence-electron chi connectivity index (χ0n) is 13.7. The average Bonchev–Trinajstić information content (AvgIpc) is 2.59. The number of aryl methyl sites for hydroxylation is 2. The van der Waals surface area contributed by atoms with Crippen molar-refractivity contribution < 1.29 is 9.59 Å². The Morgan fingerprint density at radius 2 is 1.83 bits per heavy atom. The molecule has 2 aromatic rings. The fourth-order valence-electron chi connectivity index (χ4n) is 3.12. The normalized spacial score (nSPS) is 13.5. The van der Waals surface area contributed by atoms with Gasteiger partial charge in [0, 0.05) is 35.1 Å². The second-order valence-corrected chi connectivity index (χ2v) is 7.13. The third kappa shape index (κ3) is 3.75. The van der Waals surface area contributed by atoms with E-state index in [-0.39, 0.29) is 24.5 Å². The Hall–Kier alpha value is -1.94. The maximum Gasteiger partial charge on any atom is 0.227 e. The summed E-state index contributed by atoms with van der Waals surface area (Å²) in [5.41, 5.74) is 4.11. The van der Waals surface area contributed by atoms with Crippen LogP contribution in [0, 0.1) is 6.92 Å². The van der Waals surface area contributed by atoms with Crippen LogP contribution in [-0.2, 0) is 11.2 Å². The first-order chi connectivity index (χ1) is 11.5.